The molecular weight excluding hydrogens is 204 g/mol. The number of benzene rings is 1. The molecule has 1 aromatic rings. The number of rotatable bonds is 3. The van der Waals surface area contributed by atoms with Crippen LogP contribution in [0.1, 0.15) is 31.9 Å². The van der Waals surface area contributed by atoms with Crippen molar-refractivity contribution in [2.45, 2.75) is 39.8 Å². The molecule has 0 amide bonds. The van der Waals surface area contributed by atoms with E-state index >= 15 is 0 Å². The van der Waals surface area contributed by atoms with Crippen molar-refractivity contribution in [3.8, 4) is 0 Å². The molecule has 0 aromatic heterocycles. The third kappa shape index (κ3) is 3.31. The van der Waals surface area contributed by atoms with Crippen LogP contribution in [-0.4, -0.2) is 10.5 Å². The molecule has 0 saturated heterocycles. The molecule has 0 aliphatic heterocycles. The highest BCUT2D eigenvalue weighted by Gasteiger charge is 2.14. The molecule has 0 aliphatic carbocycles. The van der Waals surface area contributed by atoms with Gasteiger partial charge < -0.3 is 5.32 Å². The van der Waals surface area contributed by atoms with E-state index < -0.39 is 0 Å². The molecule has 0 aliphatic rings. The lowest BCUT2D eigenvalue weighted by molar-refractivity contribution is -0.385. The van der Waals surface area contributed by atoms with E-state index in [2.05, 4.69) is 26.1 Å². The molecule has 1 rings (SSSR count). The van der Waals surface area contributed by atoms with Gasteiger partial charge in [0, 0.05) is 23.7 Å². The predicted octanol–water partition coefficient (Wildman–Crippen LogP) is 2.79. The van der Waals surface area contributed by atoms with Crippen LogP contribution in [0.4, 0.5) is 5.69 Å². The van der Waals surface area contributed by atoms with Gasteiger partial charge in [0.25, 0.3) is 5.69 Å². The maximum absolute atomic E-state index is 10.8. The van der Waals surface area contributed by atoms with Crippen LogP contribution in [0.25, 0.3) is 0 Å². The number of nitrogens with zero attached hydrogens (tertiary/aromatic N) is 1. The molecule has 0 atom stereocenters. The van der Waals surface area contributed by atoms with Crippen molar-refractivity contribution in [3.63, 3.8) is 0 Å². The average Bonchev–Trinajstić information content (AvgIpc) is 2.14. The maximum atomic E-state index is 10.8. The highest BCUT2D eigenvalue weighted by atomic mass is 16.6. The minimum atomic E-state index is -0.337. The Hall–Kier alpha value is -1.42. The quantitative estimate of drug-likeness (QED) is 0.632. The van der Waals surface area contributed by atoms with Crippen LogP contribution >= 0.6 is 0 Å². The molecular formula is C12H18N2O2. The Morgan fingerprint density at radius 3 is 2.50 bits per heavy atom. The smallest absolute Gasteiger partial charge is 0.272 e. The molecule has 1 N–H and O–H groups in total. The van der Waals surface area contributed by atoms with Crippen LogP contribution in [0, 0.1) is 17.0 Å². The Labute approximate surface area is 95.8 Å². The number of nitrogens with one attached hydrogen (secondary N) is 1. The standard InChI is InChI=1S/C12H18N2O2/c1-9-10(8-13-12(2,3)4)6-5-7-11(9)14(15)16/h5-7,13H,8H2,1-4H3. The lowest BCUT2D eigenvalue weighted by Gasteiger charge is -2.21. The monoisotopic (exact) mass is 222 g/mol. The van der Waals surface area contributed by atoms with Crippen molar-refractivity contribution < 1.29 is 4.92 Å². The molecule has 4 nitrogen and oxygen atoms in total. The average molecular weight is 222 g/mol. The first-order chi connectivity index (χ1) is 7.31. The SMILES string of the molecule is Cc1c(CNC(C)(C)C)cccc1[N+](=O)[O-]. The summed E-state index contributed by atoms with van der Waals surface area (Å²) < 4.78 is 0. The van der Waals surface area contributed by atoms with Crippen molar-refractivity contribution in [2.75, 3.05) is 0 Å². The van der Waals surface area contributed by atoms with Gasteiger partial charge in [0.2, 0.25) is 0 Å². The molecule has 1 aromatic carbocycles. The predicted molar refractivity (Wildman–Crippen MR) is 64.4 cm³/mol. The first-order valence-electron chi connectivity index (χ1n) is 5.29. The minimum absolute atomic E-state index is 0.0110. The first kappa shape index (κ1) is 12.6. The van der Waals surface area contributed by atoms with Crippen molar-refractivity contribution in [3.05, 3.63) is 39.4 Å². The second-order valence-corrected chi connectivity index (χ2v) is 4.92. The van der Waals surface area contributed by atoms with Crippen molar-refractivity contribution >= 4 is 5.69 Å². The summed E-state index contributed by atoms with van der Waals surface area (Å²) in [7, 11) is 0. The van der Waals surface area contributed by atoms with E-state index in [4.69, 9.17) is 0 Å². The topological polar surface area (TPSA) is 55.2 Å². The summed E-state index contributed by atoms with van der Waals surface area (Å²) in [6, 6.07) is 5.18. The second-order valence-electron chi connectivity index (χ2n) is 4.92. The summed E-state index contributed by atoms with van der Waals surface area (Å²) in [4.78, 5) is 10.4. The van der Waals surface area contributed by atoms with Crippen molar-refractivity contribution in [2.24, 2.45) is 0 Å². The van der Waals surface area contributed by atoms with Gasteiger partial charge in [0.1, 0.15) is 0 Å². The van der Waals surface area contributed by atoms with Crippen LogP contribution < -0.4 is 5.32 Å². The summed E-state index contributed by atoms with van der Waals surface area (Å²) >= 11 is 0. The highest BCUT2D eigenvalue weighted by molar-refractivity contribution is 5.44. The number of nitro benzene ring substituents is 1. The maximum Gasteiger partial charge on any atom is 0.272 e. The fourth-order valence-corrected chi connectivity index (χ4v) is 1.42. The fraction of sp³-hybridized carbons (Fsp3) is 0.500. The second kappa shape index (κ2) is 4.61. The van der Waals surface area contributed by atoms with E-state index in [1.54, 1.807) is 13.0 Å². The van der Waals surface area contributed by atoms with Crippen LogP contribution in [0.2, 0.25) is 0 Å². The zero-order valence-electron chi connectivity index (χ0n) is 10.2. The molecule has 0 radical (unpaired) electrons. The third-order valence-corrected chi connectivity index (χ3v) is 2.42. The lowest BCUT2D eigenvalue weighted by atomic mass is 10.0. The Morgan fingerprint density at radius 1 is 1.38 bits per heavy atom. The van der Waals surface area contributed by atoms with Gasteiger partial charge in [0.15, 0.2) is 0 Å². The van der Waals surface area contributed by atoms with E-state index in [0.717, 1.165) is 11.1 Å². The Morgan fingerprint density at radius 2 is 2.00 bits per heavy atom. The molecule has 0 saturated carbocycles. The highest BCUT2D eigenvalue weighted by Crippen LogP contribution is 2.21. The normalized spacial score (nSPS) is 11.5. The molecule has 4 heteroatoms. The van der Waals surface area contributed by atoms with Gasteiger partial charge in [-0.1, -0.05) is 12.1 Å². The van der Waals surface area contributed by atoms with E-state index in [-0.39, 0.29) is 16.1 Å². The van der Waals surface area contributed by atoms with Crippen molar-refractivity contribution in [1.29, 1.82) is 0 Å². The van der Waals surface area contributed by atoms with Crippen LogP contribution in [-0.2, 0) is 6.54 Å². The Bertz CT molecular complexity index is 394. The zero-order valence-corrected chi connectivity index (χ0v) is 10.2. The van der Waals surface area contributed by atoms with Crippen LogP contribution in [0.5, 0.6) is 0 Å². The molecule has 0 spiro atoms. The molecule has 16 heavy (non-hydrogen) atoms. The minimum Gasteiger partial charge on any atom is -0.308 e. The van der Waals surface area contributed by atoms with Crippen LogP contribution in [0.3, 0.4) is 0 Å². The first-order valence-corrected chi connectivity index (χ1v) is 5.29. The summed E-state index contributed by atoms with van der Waals surface area (Å²) in [6.45, 7) is 8.65. The largest absolute Gasteiger partial charge is 0.308 e. The van der Waals surface area contributed by atoms with Gasteiger partial charge in [-0.05, 0) is 33.3 Å². The lowest BCUT2D eigenvalue weighted by Crippen LogP contribution is -2.35. The van der Waals surface area contributed by atoms with Gasteiger partial charge in [-0.2, -0.15) is 0 Å². The fourth-order valence-electron chi connectivity index (χ4n) is 1.42. The zero-order chi connectivity index (χ0) is 12.3. The Kier molecular flexibility index (Phi) is 3.65. The van der Waals surface area contributed by atoms with E-state index in [1.807, 2.05) is 6.07 Å². The molecule has 0 unspecified atom stereocenters. The van der Waals surface area contributed by atoms with Gasteiger partial charge in [-0.3, -0.25) is 10.1 Å². The number of nitro groups is 1. The van der Waals surface area contributed by atoms with Gasteiger partial charge in [0.05, 0.1) is 4.92 Å². The number of hydrogen-bond donors (Lipinski definition) is 1. The van der Waals surface area contributed by atoms with Gasteiger partial charge in [-0.15, -0.1) is 0 Å². The van der Waals surface area contributed by atoms with Gasteiger partial charge in [-0.25, -0.2) is 0 Å². The molecule has 0 bridgehead atoms. The van der Waals surface area contributed by atoms with Crippen molar-refractivity contribution in [1.82, 2.24) is 5.32 Å². The van der Waals surface area contributed by atoms with E-state index in [9.17, 15) is 10.1 Å². The molecule has 88 valence electrons. The third-order valence-electron chi connectivity index (χ3n) is 2.42. The number of hydrogen-bond acceptors (Lipinski definition) is 3. The van der Waals surface area contributed by atoms with Gasteiger partial charge >= 0.3 is 0 Å². The Balaban J connectivity index is 2.90. The summed E-state index contributed by atoms with van der Waals surface area (Å²) in [5.74, 6) is 0. The summed E-state index contributed by atoms with van der Waals surface area (Å²) in [6.07, 6.45) is 0. The molecule has 0 fully saturated rings. The summed E-state index contributed by atoms with van der Waals surface area (Å²) in [5.41, 5.74) is 1.92. The molecule has 0 heterocycles. The van der Waals surface area contributed by atoms with E-state index in [0.29, 0.717) is 6.54 Å². The summed E-state index contributed by atoms with van der Waals surface area (Å²) in [5, 5.41) is 14.1. The van der Waals surface area contributed by atoms with Crippen LogP contribution in [0.15, 0.2) is 18.2 Å². The van der Waals surface area contributed by atoms with E-state index in [1.165, 1.54) is 6.07 Å².